The Morgan fingerprint density at radius 1 is 1.71 bits per heavy atom. The first-order valence-electron chi connectivity index (χ1n) is 2.60. The SMILES string of the molecule is CC1CCSC1S. The van der Waals surface area contributed by atoms with Crippen molar-refractivity contribution in [3.63, 3.8) is 0 Å². The average Bonchev–Trinajstić information content (AvgIpc) is 1.91. The van der Waals surface area contributed by atoms with Crippen LogP contribution >= 0.6 is 24.4 Å². The number of thioether (sulfide) groups is 1. The summed E-state index contributed by atoms with van der Waals surface area (Å²) in [6.07, 6.45) is 1.36. The largest absolute Gasteiger partial charge is 0.165 e. The van der Waals surface area contributed by atoms with Crippen LogP contribution in [0.4, 0.5) is 0 Å². The van der Waals surface area contributed by atoms with Crippen LogP contribution in [0.5, 0.6) is 0 Å². The van der Waals surface area contributed by atoms with Gasteiger partial charge in [0.25, 0.3) is 0 Å². The van der Waals surface area contributed by atoms with Crippen molar-refractivity contribution in [1.82, 2.24) is 0 Å². The number of thiol groups is 1. The van der Waals surface area contributed by atoms with Crippen LogP contribution in [0.1, 0.15) is 13.3 Å². The summed E-state index contributed by atoms with van der Waals surface area (Å²) < 4.78 is 0.625. The van der Waals surface area contributed by atoms with Crippen LogP contribution in [0.15, 0.2) is 0 Å². The predicted octanol–water partition coefficient (Wildman–Crippen LogP) is 2.02. The molecular weight excluding hydrogens is 124 g/mol. The third-order valence-corrected chi connectivity index (χ3v) is 3.58. The van der Waals surface area contributed by atoms with Crippen LogP contribution in [0.25, 0.3) is 0 Å². The van der Waals surface area contributed by atoms with Gasteiger partial charge in [0.05, 0.1) is 0 Å². The lowest BCUT2D eigenvalue weighted by Gasteiger charge is -2.03. The summed E-state index contributed by atoms with van der Waals surface area (Å²) in [6.45, 7) is 2.26. The van der Waals surface area contributed by atoms with Crippen LogP contribution in [0, 0.1) is 5.92 Å². The summed E-state index contributed by atoms with van der Waals surface area (Å²) in [6, 6.07) is 0. The molecule has 1 aliphatic heterocycles. The van der Waals surface area contributed by atoms with Crippen LogP contribution in [0.2, 0.25) is 0 Å². The average molecular weight is 134 g/mol. The molecule has 7 heavy (non-hydrogen) atoms. The Bertz CT molecular complexity index is 55.1. The topological polar surface area (TPSA) is 0 Å². The number of hydrogen-bond donors (Lipinski definition) is 1. The van der Waals surface area contributed by atoms with Crippen LogP contribution in [-0.4, -0.2) is 10.3 Å². The van der Waals surface area contributed by atoms with Crippen LogP contribution in [0.3, 0.4) is 0 Å². The minimum atomic E-state index is 0.625. The summed E-state index contributed by atoms with van der Waals surface area (Å²) in [5, 5.41) is 0. The molecule has 0 aliphatic carbocycles. The van der Waals surface area contributed by atoms with Crippen molar-refractivity contribution in [3.8, 4) is 0 Å². The zero-order valence-electron chi connectivity index (χ0n) is 4.42. The summed E-state index contributed by atoms with van der Waals surface area (Å²) in [7, 11) is 0. The highest BCUT2D eigenvalue weighted by atomic mass is 32.2. The molecule has 1 rings (SSSR count). The molecule has 0 nitrogen and oxygen atoms in total. The molecule has 1 fully saturated rings. The van der Waals surface area contributed by atoms with E-state index in [0.29, 0.717) is 4.58 Å². The van der Waals surface area contributed by atoms with Gasteiger partial charge in [-0.1, -0.05) is 6.92 Å². The molecule has 1 aliphatic rings. The van der Waals surface area contributed by atoms with Gasteiger partial charge in [-0.2, -0.15) is 12.6 Å². The van der Waals surface area contributed by atoms with E-state index in [1.807, 2.05) is 11.8 Å². The molecule has 0 aromatic heterocycles. The van der Waals surface area contributed by atoms with Gasteiger partial charge >= 0.3 is 0 Å². The maximum Gasteiger partial charge on any atom is 0.0498 e. The van der Waals surface area contributed by atoms with E-state index in [2.05, 4.69) is 19.6 Å². The van der Waals surface area contributed by atoms with Gasteiger partial charge in [-0.05, 0) is 18.1 Å². The molecule has 2 heteroatoms. The van der Waals surface area contributed by atoms with Crippen LogP contribution < -0.4 is 0 Å². The highest BCUT2D eigenvalue weighted by Crippen LogP contribution is 2.33. The normalized spacial score (nSPS) is 42.0. The maximum absolute atomic E-state index is 4.35. The van der Waals surface area contributed by atoms with Crippen molar-refractivity contribution in [1.29, 1.82) is 0 Å². The Hall–Kier alpha value is 0.700. The molecule has 0 spiro atoms. The molecule has 0 bridgehead atoms. The number of rotatable bonds is 0. The van der Waals surface area contributed by atoms with Gasteiger partial charge in [-0.15, -0.1) is 11.8 Å². The third kappa shape index (κ3) is 1.29. The van der Waals surface area contributed by atoms with Gasteiger partial charge in [-0.3, -0.25) is 0 Å². The van der Waals surface area contributed by atoms with Crippen molar-refractivity contribution < 1.29 is 0 Å². The smallest absolute Gasteiger partial charge is 0.0498 e. The fraction of sp³-hybridized carbons (Fsp3) is 1.00. The van der Waals surface area contributed by atoms with Crippen molar-refractivity contribution in [2.75, 3.05) is 5.75 Å². The first kappa shape index (κ1) is 5.83. The van der Waals surface area contributed by atoms with E-state index in [1.165, 1.54) is 12.2 Å². The van der Waals surface area contributed by atoms with Gasteiger partial charge in [0, 0.05) is 4.58 Å². The first-order chi connectivity index (χ1) is 3.30. The minimum absolute atomic E-state index is 0.625. The lowest BCUT2D eigenvalue weighted by Crippen LogP contribution is -1.96. The Balaban J connectivity index is 2.33. The summed E-state index contributed by atoms with van der Waals surface area (Å²) >= 11 is 6.32. The van der Waals surface area contributed by atoms with E-state index in [4.69, 9.17) is 0 Å². The van der Waals surface area contributed by atoms with Gasteiger partial charge < -0.3 is 0 Å². The Morgan fingerprint density at radius 3 is 2.57 bits per heavy atom. The van der Waals surface area contributed by atoms with E-state index >= 15 is 0 Å². The molecule has 2 atom stereocenters. The molecule has 0 saturated carbocycles. The summed E-state index contributed by atoms with van der Waals surface area (Å²) in [4.78, 5) is 0. The monoisotopic (exact) mass is 134 g/mol. The fourth-order valence-electron chi connectivity index (χ4n) is 0.682. The van der Waals surface area contributed by atoms with Crippen molar-refractivity contribution in [3.05, 3.63) is 0 Å². The van der Waals surface area contributed by atoms with Crippen molar-refractivity contribution in [2.24, 2.45) is 5.92 Å². The molecule has 0 radical (unpaired) electrons. The van der Waals surface area contributed by atoms with E-state index < -0.39 is 0 Å². The van der Waals surface area contributed by atoms with Gasteiger partial charge in [-0.25, -0.2) is 0 Å². The molecule has 0 aromatic rings. The minimum Gasteiger partial charge on any atom is -0.165 e. The van der Waals surface area contributed by atoms with Gasteiger partial charge in [0.15, 0.2) is 0 Å². The molecule has 1 heterocycles. The van der Waals surface area contributed by atoms with E-state index in [1.54, 1.807) is 0 Å². The molecule has 0 amide bonds. The Morgan fingerprint density at radius 2 is 2.43 bits per heavy atom. The zero-order chi connectivity index (χ0) is 5.28. The Kier molecular flexibility index (Phi) is 1.93. The molecule has 2 unspecified atom stereocenters. The second kappa shape index (κ2) is 2.31. The molecular formula is C5H10S2. The summed E-state index contributed by atoms with van der Waals surface area (Å²) in [5.74, 6) is 2.16. The molecule has 42 valence electrons. The molecule has 0 aromatic carbocycles. The summed E-state index contributed by atoms with van der Waals surface area (Å²) in [5.41, 5.74) is 0. The van der Waals surface area contributed by atoms with Crippen molar-refractivity contribution in [2.45, 2.75) is 17.9 Å². The molecule has 0 N–H and O–H groups in total. The predicted molar refractivity (Wildman–Crippen MR) is 39.0 cm³/mol. The van der Waals surface area contributed by atoms with E-state index in [-0.39, 0.29) is 0 Å². The standard InChI is InChI=1S/C5H10S2/c1-4-2-3-7-5(4)6/h4-6H,2-3H2,1H3. The second-order valence-electron chi connectivity index (χ2n) is 2.03. The van der Waals surface area contributed by atoms with Crippen LogP contribution in [-0.2, 0) is 0 Å². The highest BCUT2D eigenvalue weighted by Gasteiger charge is 2.19. The number of hydrogen-bond acceptors (Lipinski definition) is 2. The molecule has 1 saturated heterocycles. The zero-order valence-corrected chi connectivity index (χ0v) is 6.14. The lowest BCUT2D eigenvalue weighted by atomic mass is 10.2. The quantitative estimate of drug-likeness (QED) is 0.494. The third-order valence-electron chi connectivity index (χ3n) is 1.35. The Labute approximate surface area is 54.5 Å². The van der Waals surface area contributed by atoms with E-state index in [9.17, 15) is 0 Å². The van der Waals surface area contributed by atoms with Crippen molar-refractivity contribution >= 4 is 24.4 Å². The van der Waals surface area contributed by atoms with Gasteiger partial charge in [0.1, 0.15) is 0 Å². The lowest BCUT2D eigenvalue weighted by molar-refractivity contribution is 0.649. The van der Waals surface area contributed by atoms with E-state index in [0.717, 1.165) is 5.92 Å². The highest BCUT2D eigenvalue weighted by molar-refractivity contribution is 8.10. The second-order valence-corrected chi connectivity index (χ2v) is 4.18. The fourth-order valence-corrected chi connectivity index (χ4v) is 2.36. The first-order valence-corrected chi connectivity index (χ1v) is 4.17. The van der Waals surface area contributed by atoms with Gasteiger partial charge in [0.2, 0.25) is 0 Å². The maximum atomic E-state index is 4.35.